The van der Waals surface area contributed by atoms with E-state index in [9.17, 15) is 4.79 Å². The maximum Gasteiger partial charge on any atom is 0.238 e. The second-order valence-corrected chi connectivity index (χ2v) is 6.92. The van der Waals surface area contributed by atoms with Crippen molar-refractivity contribution < 1.29 is 4.79 Å². The maximum atomic E-state index is 12.2. The lowest BCUT2D eigenvalue weighted by atomic mass is 10.0. The molecule has 0 radical (unpaired) electrons. The van der Waals surface area contributed by atoms with Gasteiger partial charge in [0.1, 0.15) is 0 Å². The summed E-state index contributed by atoms with van der Waals surface area (Å²) >= 11 is 18.0. The Kier molecular flexibility index (Phi) is 6.22. The summed E-state index contributed by atoms with van der Waals surface area (Å²) in [6.07, 6.45) is 0. The highest BCUT2D eigenvalue weighted by atomic mass is 35.5. The maximum absolute atomic E-state index is 12.2. The van der Waals surface area contributed by atoms with Gasteiger partial charge in [-0.3, -0.25) is 9.69 Å². The van der Waals surface area contributed by atoms with E-state index in [1.807, 2.05) is 0 Å². The normalized spacial score (nSPS) is 24.0. The van der Waals surface area contributed by atoms with Crippen molar-refractivity contribution in [3.05, 3.63) is 27.2 Å². The molecule has 0 bridgehead atoms. The zero-order valence-corrected chi connectivity index (χ0v) is 14.8. The summed E-state index contributed by atoms with van der Waals surface area (Å²) < 4.78 is 0. The van der Waals surface area contributed by atoms with E-state index in [1.165, 1.54) is 0 Å². The molecular weight excluding hydrogens is 368 g/mol. The topological polar surface area (TPSA) is 44.4 Å². The van der Waals surface area contributed by atoms with Crippen LogP contribution >= 0.6 is 47.2 Å². The first kappa shape index (κ1) is 18.1. The van der Waals surface area contributed by atoms with Crippen molar-refractivity contribution in [1.29, 1.82) is 0 Å². The molecule has 1 aromatic carbocycles. The monoisotopic (exact) mass is 383 g/mol. The number of hydrogen-bond donors (Lipinski definition) is 2. The molecule has 2 atom stereocenters. The Balaban J connectivity index is 0.00000176. The van der Waals surface area contributed by atoms with Crippen LogP contribution in [0.2, 0.25) is 15.1 Å². The van der Waals surface area contributed by atoms with Gasteiger partial charge in [0.2, 0.25) is 5.91 Å². The molecule has 2 aliphatic heterocycles. The van der Waals surface area contributed by atoms with Gasteiger partial charge in [0.15, 0.2) is 0 Å². The third kappa shape index (κ3) is 3.99. The number of carbonyl (C=O) groups is 1. The van der Waals surface area contributed by atoms with Crippen LogP contribution in [-0.2, 0) is 4.79 Å². The smallest absolute Gasteiger partial charge is 0.238 e. The number of halogens is 4. The molecular formula is C14H17Cl4N3O. The first-order valence-electron chi connectivity index (χ1n) is 6.90. The zero-order chi connectivity index (χ0) is 15.0. The standard InChI is InChI=1S/C14H16Cl3N3O.ClH/c15-10-1-11(16)14(12(17)2-10)19-13(21)7-20-5-8-3-18-4-9(8)6-20;/h1-2,8-9,18H,3-7H2,(H,19,21);1H/t8-,9+;. The van der Waals surface area contributed by atoms with Gasteiger partial charge in [-0.2, -0.15) is 0 Å². The second-order valence-electron chi connectivity index (χ2n) is 5.67. The van der Waals surface area contributed by atoms with E-state index in [2.05, 4.69) is 15.5 Å². The average molecular weight is 385 g/mol. The van der Waals surface area contributed by atoms with E-state index in [1.54, 1.807) is 12.1 Å². The van der Waals surface area contributed by atoms with Crippen LogP contribution < -0.4 is 10.6 Å². The minimum absolute atomic E-state index is 0. The summed E-state index contributed by atoms with van der Waals surface area (Å²) in [5.74, 6) is 1.23. The van der Waals surface area contributed by atoms with E-state index in [0.29, 0.717) is 39.1 Å². The van der Waals surface area contributed by atoms with Crippen molar-refractivity contribution in [1.82, 2.24) is 10.2 Å². The van der Waals surface area contributed by atoms with Gasteiger partial charge in [-0.05, 0) is 37.1 Å². The van der Waals surface area contributed by atoms with Gasteiger partial charge in [-0.1, -0.05) is 34.8 Å². The zero-order valence-electron chi connectivity index (χ0n) is 11.7. The van der Waals surface area contributed by atoms with Crippen LogP contribution in [0.5, 0.6) is 0 Å². The van der Waals surface area contributed by atoms with E-state index >= 15 is 0 Å². The predicted molar refractivity (Wildman–Crippen MR) is 93.6 cm³/mol. The minimum atomic E-state index is -0.103. The first-order valence-corrected chi connectivity index (χ1v) is 8.04. The average Bonchev–Trinajstić information content (AvgIpc) is 2.94. The number of anilines is 1. The molecule has 0 unspecified atom stereocenters. The number of amides is 1. The Morgan fingerprint density at radius 3 is 2.27 bits per heavy atom. The van der Waals surface area contributed by atoms with Gasteiger partial charge in [0.05, 0.1) is 22.3 Å². The molecule has 2 saturated heterocycles. The van der Waals surface area contributed by atoms with Gasteiger partial charge in [0, 0.05) is 18.1 Å². The van der Waals surface area contributed by atoms with Crippen LogP contribution in [0, 0.1) is 11.8 Å². The Bertz CT molecular complexity index is 534. The second kappa shape index (κ2) is 7.56. The number of hydrogen-bond acceptors (Lipinski definition) is 3. The fraction of sp³-hybridized carbons (Fsp3) is 0.500. The minimum Gasteiger partial charge on any atom is -0.322 e. The molecule has 1 aromatic rings. The van der Waals surface area contributed by atoms with Crippen LogP contribution in [0.1, 0.15) is 0 Å². The SMILES string of the molecule is Cl.O=C(CN1C[C@H]2CNC[C@H]2C1)Nc1c(Cl)cc(Cl)cc1Cl. The summed E-state index contributed by atoms with van der Waals surface area (Å²) in [7, 11) is 0. The van der Waals surface area contributed by atoms with Crippen LogP contribution in [0.3, 0.4) is 0 Å². The fourth-order valence-electron chi connectivity index (χ4n) is 3.13. The number of nitrogens with one attached hydrogen (secondary N) is 2. The summed E-state index contributed by atoms with van der Waals surface area (Å²) in [6.45, 7) is 4.40. The predicted octanol–water partition coefficient (Wildman–Crippen LogP) is 3.16. The molecule has 22 heavy (non-hydrogen) atoms. The molecule has 3 rings (SSSR count). The van der Waals surface area contributed by atoms with Gasteiger partial charge >= 0.3 is 0 Å². The Morgan fingerprint density at radius 2 is 1.73 bits per heavy atom. The van der Waals surface area contributed by atoms with Gasteiger partial charge in [0.25, 0.3) is 0 Å². The highest BCUT2D eigenvalue weighted by molar-refractivity contribution is 6.42. The summed E-state index contributed by atoms with van der Waals surface area (Å²) in [6, 6.07) is 3.13. The van der Waals surface area contributed by atoms with Gasteiger partial charge in [-0.15, -0.1) is 12.4 Å². The third-order valence-corrected chi connectivity index (χ3v) is 4.92. The molecule has 0 saturated carbocycles. The number of rotatable bonds is 3. The molecule has 8 heteroatoms. The van der Waals surface area contributed by atoms with E-state index in [-0.39, 0.29) is 18.3 Å². The van der Waals surface area contributed by atoms with Gasteiger partial charge < -0.3 is 10.6 Å². The Hall–Kier alpha value is -0.230. The van der Waals surface area contributed by atoms with Crippen molar-refractivity contribution in [2.75, 3.05) is 38.0 Å². The highest BCUT2D eigenvalue weighted by Gasteiger charge is 2.36. The third-order valence-electron chi connectivity index (χ3n) is 4.10. The Morgan fingerprint density at radius 1 is 1.18 bits per heavy atom. The molecule has 2 fully saturated rings. The fourth-order valence-corrected chi connectivity index (χ4v) is 4.04. The van der Waals surface area contributed by atoms with Crippen molar-refractivity contribution in [3.8, 4) is 0 Å². The molecule has 4 nitrogen and oxygen atoms in total. The van der Waals surface area contributed by atoms with E-state index in [0.717, 1.165) is 26.2 Å². The lowest BCUT2D eigenvalue weighted by Gasteiger charge is -2.17. The first-order chi connectivity index (χ1) is 10.0. The molecule has 0 aliphatic carbocycles. The molecule has 0 spiro atoms. The summed E-state index contributed by atoms with van der Waals surface area (Å²) in [5.41, 5.74) is 0.425. The molecule has 122 valence electrons. The number of benzene rings is 1. The number of likely N-dealkylation sites (tertiary alicyclic amines) is 1. The molecule has 2 N–H and O–H groups in total. The largest absolute Gasteiger partial charge is 0.322 e. The van der Waals surface area contributed by atoms with Crippen LogP contribution in [0.25, 0.3) is 0 Å². The van der Waals surface area contributed by atoms with Gasteiger partial charge in [-0.25, -0.2) is 0 Å². The molecule has 0 aromatic heterocycles. The van der Waals surface area contributed by atoms with Crippen molar-refractivity contribution in [2.45, 2.75) is 0 Å². The lowest BCUT2D eigenvalue weighted by molar-refractivity contribution is -0.117. The van der Waals surface area contributed by atoms with Crippen molar-refractivity contribution >= 4 is 58.8 Å². The summed E-state index contributed by atoms with van der Waals surface area (Å²) in [4.78, 5) is 14.3. The number of fused-ring (bicyclic) bond motifs is 1. The van der Waals surface area contributed by atoms with Crippen molar-refractivity contribution in [3.63, 3.8) is 0 Å². The summed E-state index contributed by atoms with van der Waals surface area (Å²) in [5, 5.41) is 7.31. The molecule has 1 amide bonds. The number of carbonyl (C=O) groups excluding carboxylic acids is 1. The lowest BCUT2D eigenvalue weighted by Crippen LogP contribution is -2.33. The molecule has 2 aliphatic rings. The quantitative estimate of drug-likeness (QED) is 0.841. The van der Waals surface area contributed by atoms with Crippen LogP contribution in [0.15, 0.2) is 12.1 Å². The van der Waals surface area contributed by atoms with Crippen molar-refractivity contribution in [2.24, 2.45) is 11.8 Å². The van der Waals surface area contributed by atoms with E-state index in [4.69, 9.17) is 34.8 Å². The van der Waals surface area contributed by atoms with Crippen LogP contribution in [-0.4, -0.2) is 43.5 Å². The number of nitrogens with zero attached hydrogens (tertiary/aromatic N) is 1. The Labute approximate surface area is 150 Å². The highest BCUT2D eigenvalue weighted by Crippen LogP contribution is 2.33. The van der Waals surface area contributed by atoms with Crippen LogP contribution in [0.4, 0.5) is 5.69 Å². The van der Waals surface area contributed by atoms with E-state index < -0.39 is 0 Å². The molecule has 2 heterocycles.